The zero-order chi connectivity index (χ0) is 9.19. The van der Waals surface area contributed by atoms with E-state index in [0.29, 0.717) is 0 Å². The fourth-order valence-corrected chi connectivity index (χ4v) is 1.09. The Hall–Kier alpha value is -1.10. The fourth-order valence-electron chi connectivity index (χ4n) is 1.09. The quantitative estimate of drug-likeness (QED) is 0.565. The van der Waals surface area contributed by atoms with Crippen molar-refractivity contribution in [2.24, 2.45) is 0 Å². The van der Waals surface area contributed by atoms with Gasteiger partial charge in [-0.15, -0.1) is 0 Å². The van der Waals surface area contributed by atoms with Gasteiger partial charge in [-0.25, -0.2) is 4.79 Å². The summed E-state index contributed by atoms with van der Waals surface area (Å²) in [5.74, 6) is -1.73. The normalized spacial score (nSPS) is 28.6. The summed E-state index contributed by atoms with van der Waals surface area (Å²) >= 11 is 0. The highest BCUT2D eigenvalue weighted by atomic mass is 16.6. The molecule has 0 bridgehead atoms. The summed E-state index contributed by atoms with van der Waals surface area (Å²) in [6, 6.07) is 0. The van der Waals surface area contributed by atoms with Gasteiger partial charge >= 0.3 is 11.9 Å². The van der Waals surface area contributed by atoms with Gasteiger partial charge in [0.15, 0.2) is 5.60 Å². The molecule has 1 heterocycles. The van der Waals surface area contributed by atoms with E-state index in [1.807, 2.05) is 0 Å². The lowest BCUT2D eigenvalue weighted by molar-refractivity contribution is -0.154. The molecule has 1 saturated heterocycles. The minimum absolute atomic E-state index is 0.0683. The van der Waals surface area contributed by atoms with Crippen LogP contribution in [-0.2, 0) is 14.3 Å². The standard InChI is InChI=1S/C7H10O5/c8-5(9)1-2-7(11)3-4-12-6(7)10/h11H,1-4H2,(H,8,9)/t7-/m1/s1. The second kappa shape index (κ2) is 3.10. The molecule has 2 N–H and O–H groups in total. The van der Waals surface area contributed by atoms with Crippen LogP contribution >= 0.6 is 0 Å². The third kappa shape index (κ3) is 1.73. The van der Waals surface area contributed by atoms with Crippen LogP contribution in [0.25, 0.3) is 0 Å². The van der Waals surface area contributed by atoms with Crippen molar-refractivity contribution in [1.29, 1.82) is 0 Å². The van der Waals surface area contributed by atoms with Crippen LogP contribution in [0.4, 0.5) is 0 Å². The van der Waals surface area contributed by atoms with Gasteiger partial charge in [0.2, 0.25) is 0 Å². The van der Waals surface area contributed by atoms with E-state index in [9.17, 15) is 14.7 Å². The van der Waals surface area contributed by atoms with E-state index in [-0.39, 0.29) is 25.9 Å². The molecule has 0 aromatic rings. The molecule has 0 radical (unpaired) electrons. The summed E-state index contributed by atoms with van der Waals surface area (Å²) < 4.78 is 4.52. The molecule has 5 nitrogen and oxygen atoms in total. The van der Waals surface area contributed by atoms with Crippen molar-refractivity contribution in [2.45, 2.75) is 24.9 Å². The lowest BCUT2D eigenvalue weighted by atomic mass is 9.96. The Labute approximate surface area is 68.9 Å². The minimum Gasteiger partial charge on any atom is -0.481 e. The minimum atomic E-state index is -1.56. The van der Waals surface area contributed by atoms with Crippen LogP contribution in [0.5, 0.6) is 0 Å². The van der Waals surface area contributed by atoms with Crippen LogP contribution in [0.3, 0.4) is 0 Å². The Balaban J connectivity index is 2.48. The SMILES string of the molecule is O=C(O)CC[C@@]1(O)CCOC1=O. The Morgan fingerprint density at radius 1 is 1.67 bits per heavy atom. The van der Waals surface area contributed by atoms with Gasteiger partial charge in [0, 0.05) is 12.8 Å². The maximum atomic E-state index is 10.8. The first-order valence-corrected chi connectivity index (χ1v) is 3.66. The van der Waals surface area contributed by atoms with E-state index < -0.39 is 17.5 Å². The van der Waals surface area contributed by atoms with Crippen LogP contribution in [0.2, 0.25) is 0 Å². The van der Waals surface area contributed by atoms with Gasteiger partial charge in [-0.1, -0.05) is 0 Å². The lowest BCUT2D eigenvalue weighted by Gasteiger charge is -2.15. The van der Waals surface area contributed by atoms with Gasteiger partial charge in [-0.2, -0.15) is 0 Å². The largest absolute Gasteiger partial charge is 0.481 e. The van der Waals surface area contributed by atoms with Crippen molar-refractivity contribution in [2.75, 3.05) is 6.61 Å². The first-order valence-electron chi connectivity index (χ1n) is 3.66. The summed E-state index contributed by atoms with van der Waals surface area (Å²) in [6.07, 6.45) is -0.0914. The molecule has 12 heavy (non-hydrogen) atoms. The topological polar surface area (TPSA) is 83.8 Å². The van der Waals surface area contributed by atoms with Crippen molar-refractivity contribution in [3.63, 3.8) is 0 Å². The van der Waals surface area contributed by atoms with Crippen molar-refractivity contribution in [3.8, 4) is 0 Å². The average molecular weight is 174 g/mol. The molecule has 0 aliphatic carbocycles. The second-order valence-corrected chi connectivity index (χ2v) is 2.81. The monoisotopic (exact) mass is 174 g/mol. The molecule has 1 rings (SSSR count). The molecular formula is C7H10O5. The number of aliphatic hydroxyl groups is 1. The number of hydrogen-bond acceptors (Lipinski definition) is 4. The Morgan fingerprint density at radius 3 is 2.75 bits per heavy atom. The lowest BCUT2D eigenvalue weighted by Crippen LogP contribution is -2.34. The molecule has 1 aliphatic heterocycles. The maximum Gasteiger partial charge on any atom is 0.338 e. The van der Waals surface area contributed by atoms with Crippen LogP contribution in [0.1, 0.15) is 19.3 Å². The van der Waals surface area contributed by atoms with E-state index >= 15 is 0 Å². The van der Waals surface area contributed by atoms with Gasteiger partial charge in [-0.05, 0) is 6.42 Å². The smallest absolute Gasteiger partial charge is 0.338 e. The number of hydrogen-bond donors (Lipinski definition) is 2. The van der Waals surface area contributed by atoms with E-state index in [2.05, 4.69) is 4.74 Å². The second-order valence-electron chi connectivity index (χ2n) is 2.81. The summed E-state index contributed by atoms with van der Waals surface area (Å²) in [4.78, 5) is 21.0. The molecular weight excluding hydrogens is 164 g/mol. The Morgan fingerprint density at radius 2 is 2.33 bits per heavy atom. The number of carbonyl (C=O) groups excluding carboxylic acids is 1. The third-order valence-corrected chi connectivity index (χ3v) is 1.88. The number of ether oxygens (including phenoxy) is 1. The maximum absolute atomic E-state index is 10.8. The van der Waals surface area contributed by atoms with Gasteiger partial charge < -0.3 is 14.9 Å². The van der Waals surface area contributed by atoms with Gasteiger partial charge in [0.05, 0.1) is 6.61 Å². The number of esters is 1. The van der Waals surface area contributed by atoms with Crippen LogP contribution < -0.4 is 0 Å². The van der Waals surface area contributed by atoms with Crippen molar-refractivity contribution < 1.29 is 24.5 Å². The van der Waals surface area contributed by atoms with Crippen LogP contribution in [0, 0.1) is 0 Å². The number of rotatable bonds is 3. The molecule has 0 aromatic carbocycles. The van der Waals surface area contributed by atoms with Crippen LogP contribution in [0.15, 0.2) is 0 Å². The number of cyclic esters (lactones) is 1. The molecule has 68 valence electrons. The van der Waals surface area contributed by atoms with Crippen LogP contribution in [-0.4, -0.2) is 34.4 Å². The summed E-state index contributed by atoms with van der Waals surface area (Å²) in [7, 11) is 0. The number of aliphatic carboxylic acids is 1. The first-order chi connectivity index (χ1) is 5.54. The summed E-state index contributed by atoms with van der Waals surface area (Å²) in [6.45, 7) is 0.176. The molecule has 0 unspecified atom stereocenters. The fraction of sp³-hybridized carbons (Fsp3) is 0.714. The van der Waals surface area contributed by atoms with Crippen molar-refractivity contribution >= 4 is 11.9 Å². The Kier molecular flexibility index (Phi) is 2.32. The van der Waals surface area contributed by atoms with Gasteiger partial charge in [0.25, 0.3) is 0 Å². The average Bonchev–Trinajstić information content (AvgIpc) is 2.30. The zero-order valence-corrected chi connectivity index (χ0v) is 6.45. The van der Waals surface area contributed by atoms with Gasteiger partial charge in [-0.3, -0.25) is 4.79 Å². The predicted octanol–water partition coefficient (Wildman–Crippen LogP) is -0.471. The zero-order valence-electron chi connectivity index (χ0n) is 6.45. The van der Waals surface area contributed by atoms with E-state index in [0.717, 1.165) is 0 Å². The van der Waals surface area contributed by atoms with E-state index in [4.69, 9.17) is 5.11 Å². The number of carboxylic acids is 1. The molecule has 1 aliphatic rings. The Bertz CT molecular complexity index is 212. The van der Waals surface area contributed by atoms with Crippen molar-refractivity contribution in [3.05, 3.63) is 0 Å². The number of carboxylic acid groups (broad SMARTS) is 1. The molecule has 0 spiro atoms. The third-order valence-electron chi connectivity index (χ3n) is 1.88. The van der Waals surface area contributed by atoms with E-state index in [1.165, 1.54) is 0 Å². The highest BCUT2D eigenvalue weighted by Gasteiger charge is 2.42. The molecule has 0 aromatic heterocycles. The predicted molar refractivity (Wildman–Crippen MR) is 37.4 cm³/mol. The first kappa shape index (κ1) is 8.99. The molecule has 5 heteroatoms. The molecule has 1 fully saturated rings. The molecule has 1 atom stereocenters. The van der Waals surface area contributed by atoms with E-state index in [1.54, 1.807) is 0 Å². The van der Waals surface area contributed by atoms with Crippen molar-refractivity contribution in [1.82, 2.24) is 0 Å². The molecule has 0 amide bonds. The van der Waals surface area contributed by atoms with Gasteiger partial charge in [0.1, 0.15) is 0 Å². The highest BCUT2D eigenvalue weighted by Crippen LogP contribution is 2.24. The molecule has 0 saturated carbocycles. The highest BCUT2D eigenvalue weighted by molar-refractivity contribution is 5.81. The summed E-state index contributed by atoms with van der Waals surface area (Å²) in [5, 5.41) is 17.8. The number of carbonyl (C=O) groups is 2. The summed E-state index contributed by atoms with van der Waals surface area (Å²) in [5.41, 5.74) is -1.56.